The predicted octanol–water partition coefficient (Wildman–Crippen LogP) is 1.75. The molecule has 4 rings (SSSR count). The number of hydrazone groups is 1. The van der Waals surface area contributed by atoms with Gasteiger partial charge in [0.25, 0.3) is 5.91 Å². The molecule has 0 bridgehead atoms. The second-order valence-corrected chi connectivity index (χ2v) is 7.86. The molecule has 3 atom stereocenters. The predicted molar refractivity (Wildman–Crippen MR) is 112 cm³/mol. The summed E-state index contributed by atoms with van der Waals surface area (Å²) < 4.78 is 10.5. The summed E-state index contributed by atoms with van der Waals surface area (Å²) in [5.74, 6) is 1.76. The number of hydrogen-bond acceptors (Lipinski definition) is 7. The Hall–Kier alpha value is -2.97. The van der Waals surface area contributed by atoms with Gasteiger partial charge in [0.1, 0.15) is 23.9 Å². The standard InChI is InChI=1S/C21H29N5O4/c1-4-18-23-24-20-21(28)25(16-7-5-6-8-17(16)26(18)20)12-19(27)22-13-9-14(29-2)11-15(10-13)30-3/h9-11,16-17,20,24H,4-8,12H2,1-3H3,(H,22,27). The van der Waals surface area contributed by atoms with Gasteiger partial charge < -0.3 is 24.6 Å². The fourth-order valence-corrected chi connectivity index (χ4v) is 4.75. The SMILES string of the molecule is CCC1=NNC2C(=O)N(CC(=O)Nc3cc(OC)cc(OC)c3)C3CCCCC3N12. The van der Waals surface area contributed by atoms with Crippen LogP contribution >= 0.6 is 0 Å². The molecule has 30 heavy (non-hydrogen) atoms. The third-order valence-corrected chi connectivity index (χ3v) is 6.13. The average molecular weight is 415 g/mol. The summed E-state index contributed by atoms with van der Waals surface area (Å²) in [6.45, 7) is 2.06. The Kier molecular flexibility index (Phi) is 5.69. The first kappa shape index (κ1) is 20.3. The molecule has 0 radical (unpaired) electrons. The molecule has 0 spiro atoms. The summed E-state index contributed by atoms with van der Waals surface area (Å²) in [6.07, 6.45) is 4.35. The molecule has 3 aliphatic rings. The van der Waals surface area contributed by atoms with Crippen molar-refractivity contribution >= 4 is 23.3 Å². The molecule has 2 heterocycles. The first-order valence-corrected chi connectivity index (χ1v) is 10.5. The Morgan fingerprint density at radius 3 is 2.47 bits per heavy atom. The summed E-state index contributed by atoms with van der Waals surface area (Å²) in [4.78, 5) is 30.0. The third kappa shape index (κ3) is 3.64. The van der Waals surface area contributed by atoms with Gasteiger partial charge in [-0.25, -0.2) is 0 Å². The molecule has 9 heteroatoms. The number of nitrogens with one attached hydrogen (secondary N) is 2. The van der Waals surface area contributed by atoms with Gasteiger partial charge in [0.2, 0.25) is 5.91 Å². The minimum absolute atomic E-state index is 0.00695. The fourth-order valence-electron chi connectivity index (χ4n) is 4.75. The number of piperazine rings is 1. The van der Waals surface area contributed by atoms with Crippen molar-refractivity contribution in [2.24, 2.45) is 5.10 Å². The molecular formula is C21H29N5O4. The molecule has 2 fully saturated rings. The van der Waals surface area contributed by atoms with E-state index in [4.69, 9.17) is 9.47 Å². The summed E-state index contributed by atoms with van der Waals surface area (Å²) >= 11 is 0. The lowest BCUT2D eigenvalue weighted by Gasteiger charge is -2.51. The van der Waals surface area contributed by atoms with E-state index in [1.165, 1.54) is 0 Å². The number of benzene rings is 1. The molecule has 1 aliphatic carbocycles. The number of fused-ring (bicyclic) bond motifs is 3. The molecule has 1 saturated heterocycles. The first-order chi connectivity index (χ1) is 14.5. The Morgan fingerprint density at radius 1 is 1.17 bits per heavy atom. The van der Waals surface area contributed by atoms with E-state index in [1.54, 1.807) is 37.3 Å². The minimum Gasteiger partial charge on any atom is -0.497 e. The number of anilines is 1. The molecule has 1 saturated carbocycles. The number of rotatable bonds is 6. The van der Waals surface area contributed by atoms with Gasteiger partial charge in [-0.2, -0.15) is 5.10 Å². The van der Waals surface area contributed by atoms with Crippen LogP contribution in [0.2, 0.25) is 0 Å². The van der Waals surface area contributed by atoms with E-state index in [9.17, 15) is 9.59 Å². The van der Waals surface area contributed by atoms with Crippen molar-refractivity contribution in [1.29, 1.82) is 0 Å². The van der Waals surface area contributed by atoms with E-state index < -0.39 is 6.17 Å². The smallest absolute Gasteiger partial charge is 0.268 e. The van der Waals surface area contributed by atoms with E-state index in [-0.39, 0.29) is 30.4 Å². The maximum Gasteiger partial charge on any atom is 0.268 e. The Morgan fingerprint density at radius 2 is 1.83 bits per heavy atom. The fraction of sp³-hybridized carbons (Fsp3) is 0.571. The molecule has 1 aromatic carbocycles. The van der Waals surface area contributed by atoms with E-state index in [0.717, 1.165) is 37.9 Å². The quantitative estimate of drug-likeness (QED) is 0.735. The number of ether oxygens (including phenoxy) is 2. The van der Waals surface area contributed by atoms with Crippen molar-refractivity contribution in [3.05, 3.63) is 18.2 Å². The van der Waals surface area contributed by atoms with Crippen molar-refractivity contribution in [3.63, 3.8) is 0 Å². The molecule has 2 amide bonds. The largest absolute Gasteiger partial charge is 0.497 e. The van der Waals surface area contributed by atoms with Crippen molar-refractivity contribution in [2.75, 3.05) is 26.1 Å². The van der Waals surface area contributed by atoms with Crippen LogP contribution in [0.15, 0.2) is 23.3 Å². The highest BCUT2D eigenvalue weighted by Crippen LogP contribution is 2.35. The molecule has 9 nitrogen and oxygen atoms in total. The van der Waals surface area contributed by atoms with Gasteiger partial charge in [-0.15, -0.1) is 0 Å². The average Bonchev–Trinajstić information content (AvgIpc) is 3.21. The summed E-state index contributed by atoms with van der Waals surface area (Å²) in [7, 11) is 3.12. The number of carbonyl (C=O) groups excluding carboxylic acids is 2. The van der Waals surface area contributed by atoms with Crippen LogP contribution in [-0.4, -0.2) is 66.5 Å². The monoisotopic (exact) mass is 415 g/mol. The van der Waals surface area contributed by atoms with Crippen LogP contribution in [-0.2, 0) is 9.59 Å². The number of amidine groups is 1. The van der Waals surface area contributed by atoms with Crippen LogP contribution in [0.25, 0.3) is 0 Å². The molecule has 162 valence electrons. The van der Waals surface area contributed by atoms with Crippen LogP contribution in [0.5, 0.6) is 11.5 Å². The van der Waals surface area contributed by atoms with Crippen LogP contribution in [0.4, 0.5) is 5.69 Å². The zero-order valence-corrected chi connectivity index (χ0v) is 17.7. The maximum atomic E-state index is 13.2. The Bertz CT molecular complexity index is 836. The van der Waals surface area contributed by atoms with Crippen molar-refractivity contribution in [3.8, 4) is 11.5 Å². The van der Waals surface area contributed by atoms with E-state index in [1.807, 2.05) is 6.92 Å². The number of amides is 2. The highest BCUT2D eigenvalue weighted by molar-refractivity contribution is 5.98. The topological polar surface area (TPSA) is 95.5 Å². The van der Waals surface area contributed by atoms with Crippen LogP contribution in [0.1, 0.15) is 39.0 Å². The molecular weight excluding hydrogens is 386 g/mol. The molecule has 3 unspecified atom stereocenters. The van der Waals surface area contributed by atoms with Crippen molar-refractivity contribution in [2.45, 2.75) is 57.3 Å². The lowest BCUT2D eigenvalue weighted by atomic mass is 9.85. The molecule has 0 aromatic heterocycles. The second kappa shape index (κ2) is 8.41. The third-order valence-electron chi connectivity index (χ3n) is 6.13. The zero-order valence-electron chi connectivity index (χ0n) is 17.7. The summed E-state index contributed by atoms with van der Waals surface area (Å²) in [5.41, 5.74) is 3.55. The number of methoxy groups -OCH3 is 2. The van der Waals surface area contributed by atoms with Crippen LogP contribution in [0, 0.1) is 0 Å². The zero-order chi connectivity index (χ0) is 21.3. The highest BCUT2D eigenvalue weighted by Gasteiger charge is 2.50. The van der Waals surface area contributed by atoms with Crippen molar-refractivity contribution in [1.82, 2.24) is 15.2 Å². The van der Waals surface area contributed by atoms with E-state index in [2.05, 4.69) is 20.7 Å². The number of carbonyl (C=O) groups is 2. The number of hydrogen-bond donors (Lipinski definition) is 2. The highest BCUT2D eigenvalue weighted by atomic mass is 16.5. The maximum absolute atomic E-state index is 13.2. The van der Waals surface area contributed by atoms with E-state index in [0.29, 0.717) is 17.2 Å². The van der Waals surface area contributed by atoms with Gasteiger partial charge >= 0.3 is 0 Å². The summed E-state index contributed by atoms with van der Waals surface area (Å²) in [6, 6.07) is 5.40. The molecule has 1 aromatic rings. The van der Waals surface area contributed by atoms with Gasteiger partial charge in [-0.3, -0.25) is 15.0 Å². The Balaban J connectivity index is 1.51. The number of nitrogens with zero attached hydrogens (tertiary/aromatic N) is 3. The van der Waals surface area contributed by atoms with Gasteiger partial charge in [-0.05, 0) is 12.8 Å². The van der Waals surface area contributed by atoms with Crippen molar-refractivity contribution < 1.29 is 19.1 Å². The van der Waals surface area contributed by atoms with Gasteiger partial charge in [0.15, 0.2) is 6.17 Å². The van der Waals surface area contributed by atoms with Crippen LogP contribution in [0.3, 0.4) is 0 Å². The lowest BCUT2D eigenvalue weighted by molar-refractivity contribution is -0.151. The van der Waals surface area contributed by atoms with Gasteiger partial charge in [-0.1, -0.05) is 19.8 Å². The molecule has 2 N–H and O–H groups in total. The first-order valence-electron chi connectivity index (χ1n) is 10.5. The second-order valence-electron chi connectivity index (χ2n) is 7.86. The normalized spacial score (nSPS) is 25.1. The lowest BCUT2D eigenvalue weighted by Crippen LogP contribution is -2.69. The summed E-state index contributed by atoms with van der Waals surface area (Å²) in [5, 5.41) is 7.26. The Labute approximate surface area is 176 Å². The molecule has 2 aliphatic heterocycles. The van der Waals surface area contributed by atoms with Gasteiger partial charge in [0, 0.05) is 30.3 Å². The minimum atomic E-state index is -0.510. The van der Waals surface area contributed by atoms with Gasteiger partial charge in [0.05, 0.1) is 26.3 Å². The van der Waals surface area contributed by atoms with Crippen LogP contribution < -0.4 is 20.2 Å². The van der Waals surface area contributed by atoms with E-state index >= 15 is 0 Å².